The Morgan fingerprint density at radius 2 is 1.61 bits per heavy atom. The van der Waals surface area contributed by atoms with Gasteiger partial charge >= 0.3 is 0 Å². The Bertz CT molecular complexity index is 1300. The fourth-order valence-electron chi connectivity index (χ4n) is 6.41. The van der Waals surface area contributed by atoms with Crippen LogP contribution >= 0.6 is 11.8 Å². The van der Waals surface area contributed by atoms with Crippen molar-refractivity contribution in [3.63, 3.8) is 0 Å². The lowest BCUT2D eigenvalue weighted by Gasteiger charge is -2.53. The minimum atomic E-state index is -2.65. The Balaban J connectivity index is 3.06. The van der Waals surface area contributed by atoms with E-state index in [0.717, 1.165) is 4.90 Å². The molecule has 0 N–H and O–H groups in total. The first-order chi connectivity index (χ1) is 21.3. The number of hydrogen-bond acceptors (Lipinski definition) is 6. The van der Waals surface area contributed by atoms with E-state index in [0.29, 0.717) is 0 Å². The molecule has 4 atom stereocenters. The van der Waals surface area contributed by atoms with Gasteiger partial charge in [0, 0.05) is 12.0 Å². The van der Waals surface area contributed by atoms with Crippen molar-refractivity contribution in [1.29, 1.82) is 0 Å². The highest BCUT2D eigenvalue weighted by Gasteiger charge is 2.60. The maximum atomic E-state index is 15.2. The number of thioether (sulfide) groups is 1. The summed E-state index contributed by atoms with van der Waals surface area (Å²) in [6, 6.07) is 10.1. The quantitative estimate of drug-likeness (QED) is 0.0894. The summed E-state index contributed by atoms with van der Waals surface area (Å²) in [5.74, 6) is 12.0. The minimum absolute atomic E-state index is 0.0364. The molecule has 0 radical (unpaired) electrons. The lowest BCUT2D eigenvalue weighted by atomic mass is 9.75. The van der Waals surface area contributed by atoms with Gasteiger partial charge in [0.2, 0.25) is 0 Å². The van der Waals surface area contributed by atoms with E-state index in [1.54, 1.807) is 31.0 Å². The van der Waals surface area contributed by atoms with Crippen molar-refractivity contribution in [2.75, 3.05) is 13.9 Å². The number of allylic oxidation sites excluding steroid dienone is 2. The predicted octanol–water partition coefficient (Wildman–Crippen LogP) is 9.77. The van der Waals surface area contributed by atoms with Crippen LogP contribution in [0.1, 0.15) is 75.7 Å². The summed E-state index contributed by atoms with van der Waals surface area (Å²) < 4.78 is 24.7. The molecule has 0 heterocycles. The highest BCUT2D eigenvalue weighted by Crippen LogP contribution is 2.54. The van der Waals surface area contributed by atoms with Crippen LogP contribution in [0.25, 0.3) is 0 Å². The van der Waals surface area contributed by atoms with E-state index < -0.39 is 39.0 Å². The molecule has 0 aliphatic heterocycles. The van der Waals surface area contributed by atoms with Gasteiger partial charge in [0.25, 0.3) is 14.3 Å². The average Bonchev–Trinajstić information content (AvgIpc) is 2.98. The molecule has 1 aliphatic carbocycles. The second kappa shape index (κ2) is 16.4. The van der Waals surface area contributed by atoms with Crippen LogP contribution in [0, 0.1) is 29.6 Å². The molecule has 46 heavy (non-hydrogen) atoms. The predicted molar refractivity (Wildman–Crippen MR) is 199 cm³/mol. The number of benzene rings is 1. The van der Waals surface area contributed by atoms with Crippen LogP contribution in [0.2, 0.25) is 34.8 Å². The van der Waals surface area contributed by atoms with Crippen LogP contribution in [0.3, 0.4) is 0 Å². The lowest BCUT2D eigenvalue weighted by Crippen LogP contribution is -2.63. The van der Waals surface area contributed by atoms with Gasteiger partial charge < -0.3 is 18.3 Å². The molecule has 8 heteroatoms. The van der Waals surface area contributed by atoms with Crippen molar-refractivity contribution in [1.82, 2.24) is 0 Å². The Kier molecular flexibility index (Phi) is 14.3. The maximum Gasteiger partial charge on any atom is 0.297 e. The Morgan fingerprint density at radius 1 is 1.04 bits per heavy atom. The zero-order valence-electron chi connectivity index (χ0n) is 30.6. The van der Waals surface area contributed by atoms with E-state index in [4.69, 9.17) is 18.3 Å². The molecule has 0 saturated carbocycles. The van der Waals surface area contributed by atoms with E-state index in [9.17, 15) is 0 Å². The first kappa shape index (κ1) is 40.1. The van der Waals surface area contributed by atoms with Gasteiger partial charge in [0.15, 0.2) is 8.32 Å². The summed E-state index contributed by atoms with van der Waals surface area (Å²) in [4.78, 5) is 16.2. The van der Waals surface area contributed by atoms with E-state index in [1.165, 1.54) is 0 Å². The third-order valence-electron chi connectivity index (χ3n) is 9.77. The van der Waals surface area contributed by atoms with Crippen molar-refractivity contribution >= 4 is 34.4 Å². The second-order valence-corrected chi connectivity index (χ2v) is 26.2. The van der Waals surface area contributed by atoms with Gasteiger partial charge in [-0.3, -0.25) is 4.79 Å². The zero-order valence-corrected chi connectivity index (χ0v) is 33.4. The summed E-state index contributed by atoms with van der Waals surface area (Å²) in [6.45, 7) is 30.7. The minimum Gasteiger partial charge on any atom is -0.518 e. The molecule has 0 bridgehead atoms. The maximum absolute atomic E-state index is 15.2. The number of carbonyl (C=O) groups excluding carboxylic acids is 1. The number of carbonyl (C=O) groups is 1. The fraction of sp³-hybridized carbons (Fsp3) is 0.605. The highest BCUT2D eigenvalue weighted by atomic mass is 32.2. The third kappa shape index (κ3) is 8.89. The van der Waals surface area contributed by atoms with Crippen LogP contribution in [-0.2, 0) is 23.1 Å². The summed E-state index contributed by atoms with van der Waals surface area (Å²) in [6.07, 6.45) is 4.95. The molecule has 1 aliphatic rings. The molecule has 0 spiro atoms. The second-order valence-electron chi connectivity index (χ2n) is 14.8. The van der Waals surface area contributed by atoms with Gasteiger partial charge in [-0.1, -0.05) is 110 Å². The smallest absolute Gasteiger partial charge is 0.297 e. The number of ether oxygens (including phenoxy) is 2. The zero-order chi connectivity index (χ0) is 35.0. The van der Waals surface area contributed by atoms with Crippen molar-refractivity contribution in [3.8, 4) is 23.7 Å². The number of methoxy groups -OCH3 is 1. The van der Waals surface area contributed by atoms with Crippen LogP contribution < -0.4 is 0 Å². The summed E-state index contributed by atoms with van der Waals surface area (Å²) in [7, 11) is -3.55. The van der Waals surface area contributed by atoms with E-state index in [1.807, 2.05) is 31.2 Å². The van der Waals surface area contributed by atoms with Gasteiger partial charge in [-0.15, -0.1) is 18.3 Å². The molecule has 0 amide bonds. The molecule has 2 rings (SSSR count). The van der Waals surface area contributed by atoms with E-state index >= 15 is 4.79 Å². The van der Waals surface area contributed by atoms with E-state index in [-0.39, 0.29) is 40.8 Å². The highest BCUT2D eigenvalue weighted by molar-refractivity contribution is 8.01. The third-order valence-corrected chi connectivity index (χ3v) is 22.0. The SMILES string of the molecule is C=CC1(Sc2ccccc2)C(C(=O)O[Si](C(C)C)(C(C)C)C(C)C)C[C@H](OCOC)C#C/C=C\C#C[C@@]1(C)O[Si](C)(C)C(C)(C)C. The van der Waals surface area contributed by atoms with Crippen molar-refractivity contribution in [2.24, 2.45) is 5.92 Å². The number of rotatable bonds is 13. The Morgan fingerprint density at radius 3 is 2.11 bits per heavy atom. The monoisotopic (exact) mass is 682 g/mol. The summed E-state index contributed by atoms with van der Waals surface area (Å²) in [5, 5.41) is -0.123. The molecule has 254 valence electrons. The van der Waals surface area contributed by atoms with Crippen LogP contribution in [0.4, 0.5) is 0 Å². The average molecular weight is 683 g/mol. The first-order valence-corrected chi connectivity index (χ1v) is 22.3. The molecular weight excluding hydrogens is 625 g/mol. The van der Waals surface area contributed by atoms with Crippen LogP contribution in [0.5, 0.6) is 0 Å². The van der Waals surface area contributed by atoms with Crippen molar-refractivity contribution in [3.05, 3.63) is 55.1 Å². The topological polar surface area (TPSA) is 54.0 Å². The molecule has 2 unspecified atom stereocenters. The molecule has 0 aromatic heterocycles. The van der Waals surface area contributed by atoms with Crippen LogP contribution in [-0.4, -0.2) is 53.0 Å². The van der Waals surface area contributed by atoms with Crippen molar-refractivity contribution < 1.29 is 23.1 Å². The molecule has 0 fully saturated rings. The Hall–Kier alpha value is -2.05. The standard InChI is InChI=1S/C38H58O5SSi2/c1-15-38(44-33-24-20-18-21-25-33)34(35(39)42-46(29(2)3,30(4)5)31(6)7)27-32(41-28-40-12)23-19-16-17-22-26-37(38,11)43-45(13,14)36(8,9)10/h15-18,20-21,24-25,29-32,34H,1,27-28H2,2-14H3/b17-16-/t32-,34?,37-,38?/m1/s1. The van der Waals surface area contributed by atoms with Gasteiger partial charge in [-0.05, 0) is 72.4 Å². The van der Waals surface area contributed by atoms with Crippen molar-refractivity contribution in [2.45, 2.75) is 132 Å². The lowest BCUT2D eigenvalue weighted by molar-refractivity contribution is -0.145. The molecule has 1 aromatic carbocycles. The normalized spacial score (nSPS) is 24.8. The molecule has 5 nitrogen and oxygen atoms in total. The van der Waals surface area contributed by atoms with E-state index in [2.05, 4.69) is 118 Å². The molecular formula is C38H58O5SSi2. The fourth-order valence-corrected chi connectivity index (χ4v) is 14.6. The summed E-state index contributed by atoms with van der Waals surface area (Å²) in [5.41, 5.74) is -0.546. The molecule has 0 saturated heterocycles. The Labute approximate surface area is 286 Å². The van der Waals surface area contributed by atoms with Gasteiger partial charge in [-0.2, -0.15) is 0 Å². The van der Waals surface area contributed by atoms with Gasteiger partial charge in [0.1, 0.15) is 18.5 Å². The molecule has 1 aromatic rings. The van der Waals surface area contributed by atoms with Gasteiger partial charge in [-0.25, -0.2) is 0 Å². The largest absolute Gasteiger partial charge is 0.518 e. The number of hydrogen-bond donors (Lipinski definition) is 0. The van der Waals surface area contributed by atoms with Crippen LogP contribution in [0.15, 0.2) is 60.0 Å². The van der Waals surface area contributed by atoms with Gasteiger partial charge in [0.05, 0.1) is 10.7 Å². The first-order valence-electron chi connectivity index (χ1n) is 16.4. The summed E-state index contributed by atoms with van der Waals surface area (Å²) >= 11 is 1.56.